The lowest BCUT2D eigenvalue weighted by Gasteiger charge is -1.93. The number of sulfone groups is 1. The summed E-state index contributed by atoms with van der Waals surface area (Å²) >= 11 is 0. The lowest BCUT2D eigenvalue weighted by atomic mass is 10.2. The molecule has 0 aliphatic rings. The summed E-state index contributed by atoms with van der Waals surface area (Å²) in [6, 6.07) is 6.02. The Bertz CT molecular complexity index is 681. The van der Waals surface area contributed by atoms with E-state index in [2.05, 4.69) is 0 Å². The molecule has 0 spiro atoms. The highest BCUT2D eigenvalue weighted by molar-refractivity contribution is 7.89. The first-order valence-corrected chi connectivity index (χ1v) is 6.85. The Morgan fingerprint density at radius 1 is 1.35 bits per heavy atom. The van der Waals surface area contributed by atoms with E-state index in [0.717, 1.165) is 6.26 Å². The van der Waals surface area contributed by atoms with Crippen molar-refractivity contribution in [2.45, 2.75) is 5.75 Å². The van der Waals surface area contributed by atoms with E-state index in [0.29, 0.717) is 16.7 Å². The lowest BCUT2D eigenvalue weighted by molar-refractivity contribution is 0.0697. The van der Waals surface area contributed by atoms with Crippen LogP contribution in [0.5, 0.6) is 0 Å². The Morgan fingerprint density at radius 2 is 2.06 bits per heavy atom. The molecule has 1 aromatic heterocycles. The first-order valence-electron chi connectivity index (χ1n) is 4.79. The Kier molecular flexibility index (Phi) is 2.66. The van der Waals surface area contributed by atoms with Gasteiger partial charge in [-0.2, -0.15) is 0 Å². The van der Waals surface area contributed by atoms with Crippen molar-refractivity contribution >= 4 is 26.8 Å². The summed E-state index contributed by atoms with van der Waals surface area (Å²) in [7, 11) is -3.16. The molecule has 0 unspecified atom stereocenters. The molecule has 0 amide bonds. The van der Waals surface area contributed by atoms with Crippen molar-refractivity contribution in [3.05, 3.63) is 35.6 Å². The van der Waals surface area contributed by atoms with Gasteiger partial charge >= 0.3 is 5.97 Å². The standard InChI is InChI=1S/C11H10O5S/c1-17(14,15)6-9-4-7-2-3-8(11(12)13)5-10(7)16-9/h2-5H,6H2,1H3,(H,12,13). The zero-order chi connectivity index (χ0) is 12.6. The van der Waals surface area contributed by atoms with Crippen molar-refractivity contribution in [2.75, 3.05) is 6.26 Å². The smallest absolute Gasteiger partial charge is 0.335 e. The van der Waals surface area contributed by atoms with Gasteiger partial charge in [-0.1, -0.05) is 6.07 Å². The molecule has 0 saturated carbocycles. The summed E-state index contributed by atoms with van der Waals surface area (Å²) in [4.78, 5) is 10.7. The van der Waals surface area contributed by atoms with Crippen LogP contribution in [0.3, 0.4) is 0 Å². The minimum atomic E-state index is -3.16. The van der Waals surface area contributed by atoms with Gasteiger partial charge in [0, 0.05) is 11.6 Å². The second-order valence-corrected chi connectivity index (χ2v) is 5.98. The quantitative estimate of drug-likeness (QED) is 0.900. The molecule has 2 aromatic rings. The number of hydrogen-bond acceptors (Lipinski definition) is 4. The van der Waals surface area contributed by atoms with Crippen molar-refractivity contribution in [3.63, 3.8) is 0 Å². The van der Waals surface area contributed by atoms with E-state index in [1.54, 1.807) is 12.1 Å². The minimum Gasteiger partial charge on any atom is -0.478 e. The highest BCUT2D eigenvalue weighted by Crippen LogP contribution is 2.22. The molecular formula is C11H10O5S. The van der Waals surface area contributed by atoms with Crippen LogP contribution < -0.4 is 0 Å². The fourth-order valence-electron chi connectivity index (χ4n) is 1.55. The predicted molar refractivity (Wildman–Crippen MR) is 61.7 cm³/mol. The monoisotopic (exact) mass is 254 g/mol. The highest BCUT2D eigenvalue weighted by Gasteiger charge is 2.11. The van der Waals surface area contributed by atoms with Crippen LogP contribution in [0.4, 0.5) is 0 Å². The van der Waals surface area contributed by atoms with Crippen LogP contribution in [0, 0.1) is 0 Å². The average molecular weight is 254 g/mol. The molecule has 0 bridgehead atoms. The van der Waals surface area contributed by atoms with E-state index in [4.69, 9.17) is 9.52 Å². The van der Waals surface area contributed by atoms with Crippen molar-refractivity contribution in [3.8, 4) is 0 Å². The molecule has 6 heteroatoms. The Morgan fingerprint density at radius 3 is 2.65 bits per heavy atom. The molecule has 0 aliphatic heterocycles. The summed E-state index contributed by atoms with van der Waals surface area (Å²) in [6.45, 7) is 0. The van der Waals surface area contributed by atoms with Gasteiger partial charge in [0.2, 0.25) is 0 Å². The van der Waals surface area contributed by atoms with Gasteiger partial charge in [-0.3, -0.25) is 0 Å². The largest absolute Gasteiger partial charge is 0.478 e. The Balaban J connectivity index is 2.47. The fraction of sp³-hybridized carbons (Fsp3) is 0.182. The summed E-state index contributed by atoms with van der Waals surface area (Å²) in [5.41, 5.74) is 0.487. The van der Waals surface area contributed by atoms with Gasteiger partial charge in [-0.05, 0) is 18.2 Å². The SMILES string of the molecule is CS(=O)(=O)Cc1cc2ccc(C(=O)O)cc2o1. The molecule has 1 heterocycles. The van der Waals surface area contributed by atoms with E-state index < -0.39 is 15.8 Å². The Labute approximate surface area is 97.6 Å². The number of carboxylic acids is 1. The maximum Gasteiger partial charge on any atom is 0.335 e. The van der Waals surface area contributed by atoms with Gasteiger partial charge in [-0.15, -0.1) is 0 Å². The van der Waals surface area contributed by atoms with Crippen LogP contribution in [0.25, 0.3) is 11.0 Å². The number of fused-ring (bicyclic) bond motifs is 1. The normalized spacial score (nSPS) is 11.8. The zero-order valence-electron chi connectivity index (χ0n) is 9.00. The van der Waals surface area contributed by atoms with Gasteiger partial charge in [0.15, 0.2) is 9.84 Å². The first-order chi connectivity index (χ1) is 7.85. The van der Waals surface area contributed by atoms with Crippen LogP contribution >= 0.6 is 0 Å². The van der Waals surface area contributed by atoms with Crippen LogP contribution in [0.1, 0.15) is 16.1 Å². The molecule has 5 nitrogen and oxygen atoms in total. The lowest BCUT2D eigenvalue weighted by Crippen LogP contribution is -1.98. The summed E-state index contributed by atoms with van der Waals surface area (Å²) in [6.07, 6.45) is 1.11. The van der Waals surface area contributed by atoms with E-state index in [9.17, 15) is 13.2 Å². The average Bonchev–Trinajstić information content (AvgIpc) is 2.54. The number of rotatable bonds is 3. The molecular weight excluding hydrogens is 244 g/mol. The van der Waals surface area contributed by atoms with E-state index >= 15 is 0 Å². The molecule has 0 aliphatic carbocycles. The molecule has 0 radical (unpaired) electrons. The predicted octanol–water partition coefficient (Wildman–Crippen LogP) is 1.68. The number of hydrogen-bond donors (Lipinski definition) is 1. The van der Waals surface area contributed by atoms with Crippen molar-refractivity contribution in [1.29, 1.82) is 0 Å². The second kappa shape index (κ2) is 3.89. The maximum absolute atomic E-state index is 11.1. The molecule has 17 heavy (non-hydrogen) atoms. The molecule has 0 atom stereocenters. The van der Waals surface area contributed by atoms with Crippen molar-refractivity contribution < 1.29 is 22.7 Å². The van der Waals surface area contributed by atoms with Crippen molar-refractivity contribution in [2.24, 2.45) is 0 Å². The van der Waals surface area contributed by atoms with Gasteiger partial charge < -0.3 is 9.52 Å². The first kappa shape index (κ1) is 11.7. The molecule has 1 N–H and O–H groups in total. The van der Waals surface area contributed by atoms with Crippen LogP contribution in [-0.2, 0) is 15.6 Å². The van der Waals surface area contributed by atoms with Crippen LogP contribution in [-0.4, -0.2) is 25.7 Å². The summed E-state index contributed by atoms with van der Waals surface area (Å²) in [5.74, 6) is -0.928. The number of carboxylic acid groups (broad SMARTS) is 1. The third-order valence-corrected chi connectivity index (χ3v) is 3.03. The Hall–Kier alpha value is -1.82. The third kappa shape index (κ3) is 2.65. The highest BCUT2D eigenvalue weighted by atomic mass is 32.2. The maximum atomic E-state index is 11.1. The van der Waals surface area contributed by atoms with Crippen molar-refractivity contribution in [1.82, 2.24) is 0 Å². The fourth-order valence-corrected chi connectivity index (χ4v) is 2.21. The molecule has 90 valence electrons. The van der Waals surface area contributed by atoms with Crippen LogP contribution in [0.15, 0.2) is 28.7 Å². The number of aromatic carboxylic acids is 1. The summed E-state index contributed by atoms with van der Waals surface area (Å²) in [5, 5.41) is 9.49. The van der Waals surface area contributed by atoms with Gasteiger partial charge in [0.1, 0.15) is 17.1 Å². The van der Waals surface area contributed by atoms with Gasteiger partial charge in [0.05, 0.1) is 5.56 Å². The molecule has 0 fully saturated rings. The van der Waals surface area contributed by atoms with E-state index in [1.807, 2.05) is 0 Å². The molecule has 2 rings (SSSR count). The van der Waals surface area contributed by atoms with Gasteiger partial charge in [-0.25, -0.2) is 13.2 Å². The number of furan rings is 1. The summed E-state index contributed by atoms with van der Waals surface area (Å²) < 4.78 is 27.5. The number of benzene rings is 1. The number of carbonyl (C=O) groups is 1. The zero-order valence-corrected chi connectivity index (χ0v) is 9.82. The van der Waals surface area contributed by atoms with Gasteiger partial charge in [0.25, 0.3) is 0 Å². The molecule has 1 aromatic carbocycles. The van der Waals surface area contributed by atoms with E-state index in [-0.39, 0.29) is 11.3 Å². The third-order valence-electron chi connectivity index (χ3n) is 2.22. The minimum absolute atomic E-state index is 0.109. The molecule has 0 saturated heterocycles. The second-order valence-electron chi connectivity index (χ2n) is 3.84. The van der Waals surface area contributed by atoms with Crippen LogP contribution in [0.2, 0.25) is 0 Å². The topological polar surface area (TPSA) is 84.6 Å². The van der Waals surface area contributed by atoms with E-state index in [1.165, 1.54) is 12.1 Å².